The average Bonchev–Trinajstić information content (AvgIpc) is 3.28. The zero-order chi connectivity index (χ0) is 21.8. The molecule has 0 aliphatic heterocycles. The van der Waals surface area contributed by atoms with Crippen molar-refractivity contribution < 1.29 is 13.2 Å². The molecule has 8 nitrogen and oxygen atoms in total. The summed E-state index contributed by atoms with van der Waals surface area (Å²) in [5, 5.41) is 7.11. The summed E-state index contributed by atoms with van der Waals surface area (Å²) in [7, 11) is -3.25. The van der Waals surface area contributed by atoms with Gasteiger partial charge in [0.2, 0.25) is 0 Å². The molecule has 0 saturated heterocycles. The largest absolute Gasteiger partial charge is 0.347 e. The molecule has 1 N–H and O–H groups in total. The third-order valence-electron chi connectivity index (χ3n) is 4.55. The number of nitrogens with one attached hydrogen (secondary N) is 1. The van der Waals surface area contributed by atoms with Crippen LogP contribution in [0.4, 0.5) is 0 Å². The van der Waals surface area contributed by atoms with Crippen LogP contribution in [-0.2, 0) is 16.4 Å². The molecule has 0 atom stereocenters. The fourth-order valence-corrected chi connectivity index (χ4v) is 3.55. The Balaban J connectivity index is 1.46. The van der Waals surface area contributed by atoms with Crippen LogP contribution in [0.2, 0.25) is 0 Å². The highest BCUT2D eigenvalue weighted by Gasteiger charge is 2.11. The van der Waals surface area contributed by atoms with Crippen LogP contribution < -0.4 is 5.32 Å². The molecule has 156 valence electrons. The highest BCUT2D eigenvalue weighted by atomic mass is 32.2. The number of carbonyl (C=O) groups is 1. The van der Waals surface area contributed by atoms with Crippen molar-refractivity contribution in [3.05, 3.63) is 90.5 Å². The van der Waals surface area contributed by atoms with Gasteiger partial charge < -0.3 is 5.32 Å². The summed E-state index contributed by atoms with van der Waals surface area (Å²) in [6.45, 7) is 0.250. The molecule has 0 aliphatic carbocycles. The second-order valence-corrected chi connectivity index (χ2v) is 8.88. The minimum Gasteiger partial charge on any atom is -0.347 e. The van der Waals surface area contributed by atoms with E-state index in [0.29, 0.717) is 5.82 Å². The van der Waals surface area contributed by atoms with Crippen LogP contribution >= 0.6 is 0 Å². The second-order valence-electron chi connectivity index (χ2n) is 6.87. The molecule has 4 aromatic rings. The van der Waals surface area contributed by atoms with E-state index in [1.54, 1.807) is 53.6 Å². The van der Waals surface area contributed by atoms with E-state index in [2.05, 4.69) is 20.4 Å². The third kappa shape index (κ3) is 4.84. The lowest BCUT2D eigenvalue weighted by Crippen LogP contribution is -2.24. The van der Waals surface area contributed by atoms with E-state index < -0.39 is 9.84 Å². The first-order chi connectivity index (χ1) is 14.9. The van der Waals surface area contributed by atoms with Crippen molar-refractivity contribution in [2.24, 2.45) is 0 Å². The maximum atomic E-state index is 12.5. The lowest BCUT2D eigenvalue weighted by molar-refractivity contribution is 0.0946. The zero-order valence-corrected chi connectivity index (χ0v) is 17.5. The van der Waals surface area contributed by atoms with Crippen LogP contribution in [0.25, 0.3) is 17.1 Å². The first kappa shape index (κ1) is 20.4. The zero-order valence-electron chi connectivity index (χ0n) is 16.6. The van der Waals surface area contributed by atoms with Crippen molar-refractivity contribution in [3.8, 4) is 17.1 Å². The quantitative estimate of drug-likeness (QED) is 0.501. The number of sulfone groups is 1. The number of hydrogen-bond donors (Lipinski definition) is 1. The molecule has 4 rings (SSSR count). The highest BCUT2D eigenvalue weighted by molar-refractivity contribution is 7.90. The Morgan fingerprint density at radius 1 is 1.03 bits per heavy atom. The van der Waals surface area contributed by atoms with Crippen molar-refractivity contribution in [1.82, 2.24) is 25.1 Å². The number of nitrogens with zero attached hydrogens (tertiary/aromatic N) is 4. The third-order valence-corrected chi connectivity index (χ3v) is 5.68. The van der Waals surface area contributed by atoms with Crippen molar-refractivity contribution in [1.29, 1.82) is 0 Å². The standard InChI is InChI=1S/C22H19N5O3S/c1-31(29,30)18-10-8-16(9-11-18)13-24-22(28)20-6-4-7-21(26-20)27-15-17(14-25-27)19-5-2-3-12-23-19/h2-12,14-15H,13H2,1H3,(H,24,28). The van der Waals surface area contributed by atoms with E-state index in [9.17, 15) is 13.2 Å². The van der Waals surface area contributed by atoms with Crippen molar-refractivity contribution >= 4 is 15.7 Å². The average molecular weight is 433 g/mol. The van der Waals surface area contributed by atoms with Gasteiger partial charge in [0.05, 0.1) is 16.8 Å². The van der Waals surface area contributed by atoms with Gasteiger partial charge in [0.1, 0.15) is 5.69 Å². The van der Waals surface area contributed by atoms with Gasteiger partial charge in [-0.05, 0) is 42.0 Å². The predicted octanol–water partition coefficient (Wildman–Crippen LogP) is 2.66. The molecule has 0 saturated carbocycles. The predicted molar refractivity (Wildman–Crippen MR) is 115 cm³/mol. The Morgan fingerprint density at radius 3 is 2.55 bits per heavy atom. The molecule has 0 fully saturated rings. The van der Waals surface area contributed by atoms with Gasteiger partial charge in [-0.15, -0.1) is 0 Å². The topological polar surface area (TPSA) is 107 Å². The summed E-state index contributed by atoms with van der Waals surface area (Å²) in [6, 6.07) is 17.1. The molecule has 0 spiro atoms. The molecule has 0 radical (unpaired) electrons. The first-order valence-corrected chi connectivity index (χ1v) is 11.3. The summed E-state index contributed by atoms with van der Waals surface area (Å²) in [5.74, 6) is 0.165. The molecule has 3 aromatic heterocycles. The molecule has 0 aliphatic rings. The number of carbonyl (C=O) groups excluding carboxylic acids is 1. The van der Waals surface area contributed by atoms with Crippen LogP contribution in [0.15, 0.2) is 84.1 Å². The molecule has 31 heavy (non-hydrogen) atoms. The number of amides is 1. The fraction of sp³-hybridized carbons (Fsp3) is 0.0909. The summed E-state index contributed by atoms with van der Waals surface area (Å²) in [5.41, 5.74) is 2.67. The summed E-state index contributed by atoms with van der Waals surface area (Å²) >= 11 is 0. The Labute approximate surface area is 179 Å². The van der Waals surface area contributed by atoms with E-state index in [0.717, 1.165) is 23.1 Å². The van der Waals surface area contributed by atoms with Crippen molar-refractivity contribution in [2.45, 2.75) is 11.4 Å². The van der Waals surface area contributed by atoms with E-state index in [-0.39, 0.29) is 23.0 Å². The van der Waals surface area contributed by atoms with E-state index in [4.69, 9.17) is 0 Å². The molecule has 9 heteroatoms. The van der Waals surface area contributed by atoms with Crippen LogP contribution in [0.5, 0.6) is 0 Å². The fourth-order valence-electron chi connectivity index (χ4n) is 2.92. The maximum absolute atomic E-state index is 12.5. The number of aromatic nitrogens is 4. The summed E-state index contributed by atoms with van der Waals surface area (Å²) in [4.78, 5) is 21.5. The Morgan fingerprint density at radius 2 is 1.84 bits per heavy atom. The van der Waals surface area contributed by atoms with Gasteiger partial charge in [-0.2, -0.15) is 5.10 Å². The maximum Gasteiger partial charge on any atom is 0.270 e. The number of benzene rings is 1. The number of rotatable bonds is 6. The molecule has 0 unspecified atom stereocenters. The first-order valence-electron chi connectivity index (χ1n) is 9.41. The van der Waals surface area contributed by atoms with Gasteiger partial charge in [0.15, 0.2) is 15.7 Å². The van der Waals surface area contributed by atoms with Crippen LogP contribution in [0, 0.1) is 0 Å². The van der Waals surface area contributed by atoms with E-state index in [1.807, 2.05) is 18.2 Å². The Kier molecular flexibility index (Phi) is 5.59. The van der Waals surface area contributed by atoms with Gasteiger partial charge in [-0.1, -0.05) is 24.3 Å². The van der Waals surface area contributed by atoms with Gasteiger partial charge in [0.25, 0.3) is 5.91 Å². The SMILES string of the molecule is CS(=O)(=O)c1ccc(CNC(=O)c2cccc(-n3cc(-c4ccccn4)cn3)n2)cc1. The highest BCUT2D eigenvalue weighted by Crippen LogP contribution is 2.17. The summed E-state index contributed by atoms with van der Waals surface area (Å²) < 4.78 is 24.7. The lowest BCUT2D eigenvalue weighted by Gasteiger charge is -2.07. The van der Waals surface area contributed by atoms with E-state index in [1.165, 1.54) is 12.1 Å². The van der Waals surface area contributed by atoms with Crippen LogP contribution in [0.1, 0.15) is 16.1 Å². The van der Waals surface area contributed by atoms with Crippen LogP contribution in [0.3, 0.4) is 0 Å². The lowest BCUT2D eigenvalue weighted by atomic mass is 10.2. The van der Waals surface area contributed by atoms with Crippen molar-refractivity contribution in [2.75, 3.05) is 6.26 Å². The number of hydrogen-bond acceptors (Lipinski definition) is 6. The Bertz CT molecular complexity index is 1320. The van der Waals surface area contributed by atoms with Gasteiger partial charge in [-0.25, -0.2) is 18.1 Å². The second kappa shape index (κ2) is 8.49. The molecular formula is C22H19N5O3S. The normalized spacial score (nSPS) is 11.3. The van der Waals surface area contributed by atoms with Crippen LogP contribution in [-0.4, -0.2) is 40.3 Å². The summed E-state index contributed by atoms with van der Waals surface area (Å²) in [6.07, 6.45) is 6.36. The van der Waals surface area contributed by atoms with Gasteiger partial charge in [-0.3, -0.25) is 9.78 Å². The minimum absolute atomic E-state index is 0.237. The molecule has 1 aromatic carbocycles. The minimum atomic E-state index is -3.25. The van der Waals surface area contributed by atoms with Crippen molar-refractivity contribution in [3.63, 3.8) is 0 Å². The number of pyridine rings is 2. The molecule has 0 bridgehead atoms. The van der Waals surface area contributed by atoms with Gasteiger partial charge >= 0.3 is 0 Å². The molecule has 3 heterocycles. The Hall–Kier alpha value is -3.85. The monoisotopic (exact) mass is 433 g/mol. The molecule has 1 amide bonds. The smallest absolute Gasteiger partial charge is 0.270 e. The van der Waals surface area contributed by atoms with E-state index >= 15 is 0 Å². The van der Waals surface area contributed by atoms with Gasteiger partial charge in [0, 0.05) is 30.8 Å². The molecular weight excluding hydrogens is 414 g/mol.